The first-order chi connectivity index (χ1) is 13.0. The molecule has 2 atom stereocenters. The van der Waals surface area contributed by atoms with Crippen LogP contribution in [0.1, 0.15) is 104 Å². The number of Topliss-reactive ketones (excluding diaryl/α,β-unsaturated/α-hetero) is 1. The molecular weight excluding hydrogens is 340 g/mol. The van der Waals surface area contributed by atoms with E-state index in [1.165, 1.54) is 32.1 Å². The summed E-state index contributed by atoms with van der Waals surface area (Å²) in [5, 5.41) is 0. The Hall–Kier alpha value is -1.16. The standard InChI is InChI=1S/C23H42O4/c1-5-7-9-11-13-14-16-21(26-4)19-23(25)27-22(18-20(3)24)17-15-12-10-8-6-2/h5,21-22H,1,6-19H2,2-4H3/t21-,22-/m1/s1. The highest BCUT2D eigenvalue weighted by Crippen LogP contribution is 2.16. The minimum Gasteiger partial charge on any atom is -0.462 e. The predicted molar refractivity (Wildman–Crippen MR) is 112 cm³/mol. The predicted octanol–water partition coefficient (Wildman–Crippen LogP) is 6.17. The van der Waals surface area contributed by atoms with Gasteiger partial charge in [-0.25, -0.2) is 0 Å². The lowest BCUT2D eigenvalue weighted by Gasteiger charge is -2.19. The van der Waals surface area contributed by atoms with Gasteiger partial charge < -0.3 is 9.47 Å². The van der Waals surface area contributed by atoms with Gasteiger partial charge in [-0.05, 0) is 39.0 Å². The van der Waals surface area contributed by atoms with E-state index in [1.807, 2.05) is 6.08 Å². The molecule has 0 fully saturated rings. The highest BCUT2D eigenvalue weighted by molar-refractivity contribution is 5.77. The molecule has 0 N–H and O–H groups in total. The van der Waals surface area contributed by atoms with E-state index in [2.05, 4.69) is 13.5 Å². The van der Waals surface area contributed by atoms with Gasteiger partial charge in [0.25, 0.3) is 0 Å². The minimum atomic E-state index is -0.284. The molecule has 0 bridgehead atoms. The maximum atomic E-state index is 12.3. The number of hydrogen-bond acceptors (Lipinski definition) is 4. The Morgan fingerprint density at radius 3 is 2.04 bits per heavy atom. The topological polar surface area (TPSA) is 52.6 Å². The van der Waals surface area contributed by atoms with Crippen molar-refractivity contribution in [1.29, 1.82) is 0 Å². The lowest BCUT2D eigenvalue weighted by atomic mass is 10.0. The molecule has 0 heterocycles. The van der Waals surface area contributed by atoms with E-state index in [-0.39, 0.29) is 30.4 Å². The summed E-state index contributed by atoms with van der Waals surface area (Å²) in [4.78, 5) is 23.8. The molecule has 27 heavy (non-hydrogen) atoms. The normalized spacial score (nSPS) is 13.1. The van der Waals surface area contributed by atoms with Crippen molar-refractivity contribution < 1.29 is 19.1 Å². The number of rotatable bonds is 19. The van der Waals surface area contributed by atoms with Crippen LogP contribution >= 0.6 is 0 Å². The van der Waals surface area contributed by atoms with Crippen LogP contribution in [0.5, 0.6) is 0 Å². The Balaban J connectivity index is 4.17. The molecule has 4 heteroatoms. The molecule has 0 aromatic carbocycles. The van der Waals surface area contributed by atoms with E-state index < -0.39 is 0 Å². The summed E-state index contributed by atoms with van der Waals surface area (Å²) in [5.41, 5.74) is 0. The number of methoxy groups -OCH3 is 1. The van der Waals surface area contributed by atoms with Crippen LogP contribution < -0.4 is 0 Å². The number of esters is 1. The van der Waals surface area contributed by atoms with Crippen LogP contribution in [-0.4, -0.2) is 31.1 Å². The molecule has 0 amide bonds. The summed E-state index contributed by atoms with van der Waals surface area (Å²) in [7, 11) is 1.65. The minimum absolute atomic E-state index is 0.0733. The molecular formula is C23H42O4. The van der Waals surface area contributed by atoms with Crippen LogP contribution in [0.2, 0.25) is 0 Å². The first kappa shape index (κ1) is 25.8. The molecule has 0 aromatic heterocycles. The Morgan fingerprint density at radius 2 is 1.48 bits per heavy atom. The molecule has 0 aliphatic rings. The van der Waals surface area contributed by atoms with Gasteiger partial charge in [0.05, 0.1) is 12.5 Å². The highest BCUT2D eigenvalue weighted by atomic mass is 16.5. The molecule has 0 unspecified atom stereocenters. The quantitative estimate of drug-likeness (QED) is 0.152. The first-order valence-corrected chi connectivity index (χ1v) is 10.9. The van der Waals surface area contributed by atoms with Gasteiger partial charge in [-0.15, -0.1) is 6.58 Å². The lowest BCUT2D eigenvalue weighted by Crippen LogP contribution is -2.24. The number of allylic oxidation sites excluding steroid dienone is 1. The molecule has 0 aliphatic heterocycles. The molecule has 0 rings (SSSR count). The second kappa shape index (κ2) is 18.2. The highest BCUT2D eigenvalue weighted by Gasteiger charge is 2.20. The number of unbranched alkanes of at least 4 members (excludes halogenated alkanes) is 8. The van der Waals surface area contributed by atoms with E-state index in [1.54, 1.807) is 14.0 Å². The van der Waals surface area contributed by atoms with Gasteiger partial charge in [-0.2, -0.15) is 0 Å². The van der Waals surface area contributed by atoms with E-state index in [9.17, 15) is 9.59 Å². The lowest BCUT2D eigenvalue weighted by molar-refractivity contribution is -0.153. The summed E-state index contributed by atoms with van der Waals surface area (Å²) in [5.74, 6) is -0.169. The summed E-state index contributed by atoms with van der Waals surface area (Å²) in [6.45, 7) is 7.48. The smallest absolute Gasteiger partial charge is 0.308 e. The van der Waals surface area contributed by atoms with Crippen molar-refractivity contribution in [2.45, 2.75) is 116 Å². The maximum absolute atomic E-state index is 12.3. The van der Waals surface area contributed by atoms with Crippen molar-refractivity contribution in [2.75, 3.05) is 7.11 Å². The van der Waals surface area contributed by atoms with E-state index >= 15 is 0 Å². The summed E-state index contributed by atoms with van der Waals surface area (Å²) in [6, 6.07) is 0. The number of carbonyl (C=O) groups is 2. The van der Waals surface area contributed by atoms with Gasteiger partial charge in [0.2, 0.25) is 0 Å². The first-order valence-electron chi connectivity index (χ1n) is 10.9. The van der Waals surface area contributed by atoms with Gasteiger partial charge in [0, 0.05) is 13.5 Å². The van der Waals surface area contributed by atoms with Crippen molar-refractivity contribution in [2.24, 2.45) is 0 Å². The second-order valence-electron chi connectivity index (χ2n) is 7.56. The zero-order valence-electron chi connectivity index (χ0n) is 18.0. The number of carbonyl (C=O) groups excluding carboxylic acids is 2. The fourth-order valence-corrected chi connectivity index (χ4v) is 3.24. The third kappa shape index (κ3) is 16.7. The molecule has 158 valence electrons. The Labute approximate surface area is 167 Å². The molecule has 0 spiro atoms. The van der Waals surface area contributed by atoms with Crippen LogP contribution in [-0.2, 0) is 19.1 Å². The third-order valence-corrected chi connectivity index (χ3v) is 4.85. The van der Waals surface area contributed by atoms with E-state index in [0.717, 1.165) is 44.9 Å². The SMILES string of the molecule is C=CCCCCCC[C@H](CC(=O)O[C@H](CCCCCCC)CC(C)=O)OC. The average Bonchev–Trinajstić information content (AvgIpc) is 2.62. The maximum Gasteiger partial charge on any atom is 0.308 e. The fourth-order valence-electron chi connectivity index (χ4n) is 3.24. The van der Waals surface area contributed by atoms with E-state index in [4.69, 9.17) is 9.47 Å². The van der Waals surface area contributed by atoms with Gasteiger partial charge in [-0.1, -0.05) is 57.9 Å². The van der Waals surface area contributed by atoms with Crippen molar-refractivity contribution >= 4 is 11.8 Å². The van der Waals surface area contributed by atoms with E-state index in [0.29, 0.717) is 6.42 Å². The molecule has 0 saturated heterocycles. The number of ether oxygens (including phenoxy) is 2. The fraction of sp³-hybridized carbons (Fsp3) is 0.826. The zero-order chi connectivity index (χ0) is 20.3. The van der Waals surface area contributed by atoms with Crippen molar-refractivity contribution in [3.8, 4) is 0 Å². The van der Waals surface area contributed by atoms with Crippen LogP contribution in [0.3, 0.4) is 0 Å². The van der Waals surface area contributed by atoms with Crippen LogP contribution in [0.4, 0.5) is 0 Å². The van der Waals surface area contributed by atoms with Gasteiger partial charge >= 0.3 is 5.97 Å². The van der Waals surface area contributed by atoms with Gasteiger partial charge in [0.1, 0.15) is 11.9 Å². The van der Waals surface area contributed by atoms with Gasteiger partial charge in [0.15, 0.2) is 0 Å². The van der Waals surface area contributed by atoms with Gasteiger partial charge in [-0.3, -0.25) is 9.59 Å². The monoisotopic (exact) mass is 382 g/mol. The number of hydrogen-bond donors (Lipinski definition) is 0. The van der Waals surface area contributed by atoms with Crippen molar-refractivity contribution in [3.63, 3.8) is 0 Å². The largest absolute Gasteiger partial charge is 0.462 e. The van der Waals surface area contributed by atoms with Crippen LogP contribution in [0.15, 0.2) is 12.7 Å². The Kier molecular flexibility index (Phi) is 17.4. The zero-order valence-corrected chi connectivity index (χ0v) is 18.0. The molecule has 0 saturated carbocycles. The average molecular weight is 383 g/mol. The molecule has 4 nitrogen and oxygen atoms in total. The van der Waals surface area contributed by atoms with Crippen LogP contribution in [0.25, 0.3) is 0 Å². The summed E-state index contributed by atoms with van der Waals surface area (Å²) < 4.78 is 11.1. The molecule has 0 radical (unpaired) electrons. The molecule has 0 aliphatic carbocycles. The third-order valence-electron chi connectivity index (χ3n) is 4.85. The summed E-state index contributed by atoms with van der Waals surface area (Å²) in [6.07, 6.45) is 15.2. The molecule has 0 aromatic rings. The van der Waals surface area contributed by atoms with Crippen LogP contribution in [0, 0.1) is 0 Å². The second-order valence-corrected chi connectivity index (χ2v) is 7.56. The van der Waals surface area contributed by atoms with Crippen molar-refractivity contribution in [1.82, 2.24) is 0 Å². The Morgan fingerprint density at radius 1 is 0.889 bits per heavy atom. The Bertz CT molecular complexity index is 392. The number of ketones is 1. The van der Waals surface area contributed by atoms with Crippen molar-refractivity contribution in [3.05, 3.63) is 12.7 Å². The summed E-state index contributed by atoms with van der Waals surface area (Å²) >= 11 is 0.